The lowest BCUT2D eigenvalue weighted by molar-refractivity contribution is -0.119. The standard InChI is InChI=1S/C13H20N2O/c1-10(12-7-5-4-6-8-12)11(2)15-9-13(16)14-3/h4-8,10-11,15H,9H2,1-3H3,(H,14,16). The van der Waals surface area contributed by atoms with E-state index in [0.29, 0.717) is 12.5 Å². The fraction of sp³-hybridized carbons (Fsp3) is 0.462. The van der Waals surface area contributed by atoms with Gasteiger partial charge in [0.05, 0.1) is 6.54 Å². The van der Waals surface area contributed by atoms with Gasteiger partial charge in [-0.15, -0.1) is 0 Å². The summed E-state index contributed by atoms with van der Waals surface area (Å²) < 4.78 is 0. The summed E-state index contributed by atoms with van der Waals surface area (Å²) in [7, 11) is 1.65. The monoisotopic (exact) mass is 220 g/mol. The van der Waals surface area contributed by atoms with E-state index in [1.807, 2.05) is 18.2 Å². The maximum absolute atomic E-state index is 11.1. The van der Waals surface area contributed by atoms with Crippen LogP contribution >= 0.6 is 0 Å². The molecule has 2 N–H and O–H groups in total. The second kappa shape index (κ2) is 6.28. The quantitative estimate of drug-likeness (QED) is 0.790. The van der Waals surface area contributed by atoms with Crippen LogP contribution in [0.3, 0.4) is 0 Å². The van der Waals surface area contributed by atoms with E-state index >= 15 is 0 Å². The van der Waals surface area contributed by atoms with Gasteiger partial charge in [0.25, 0.3) is 0 Å². The average Bonchev–Trinajstić information content (AvgIpc) is 2.35. The molecule has 88 valence electrons. The molecule has 0 aliphatic rings. The number of rotatable bonds is 5. The van der Waals surface area contributed by atoms with Gasteiger partial charge in [0.1, 0.15) is 0 Å². The fourth-order valence-electron chi connectivity index (χ4n) is 1.56. The Hall–Kier alpha value is -1.35. The molecule has 0 aliphatic carbocycles. The number of benzene rings is 1. The van der Waals surface area contributed by atoms with Crippen LogP contribution in [-0.2, 0) is 4.79 Å². The van der Waals surface area contributed by atoms with Crippen LogP contribution in [0.2, 0.25) is 0 Å². The largest absolute Gasteiger partial charge is 0.358 e. The van der Waals surface area contributed by atoms with Crippen LogP contribution in [0.25, 0.3) is 0 Å². The van der Waals surface area contributed by atoms with Crippen molar-refractivity contribution in [3.8, 4) is 0 Å². The van der Waals surface area contributed by atoms with Crippen molar-refractivity contribution >= 4 is 5.91 Å². The van der Waals surface area contributed by atoms with Gasteiger partial charge in [0, 0.05) is 13.1 Å². The number of likely N-dealkylation sites (N-methyl/N-ethyl adjacent to an activating group) is 1. The minimum absolute atomic E-state index is 0.0205. The van der Waals surface area contributed by atoms with Crippen molar-refractivity contribution in [2.75, 3.05) is 13.6 Å². The molecule has 0 aliphatic heterocycles. The predicted molar refractivity (Wildman–Crippen MR) is 66.4 cm³/mol. The number of hydrogen-bond acceptors (Lipinski definition) is 2. The van der Waals surface area contributed by atoms with Crippen LogP contribution in [0.4, 0.5) is 0 Å². The average molecular weight is 220 g/mol. The van der Waals surface area contributed by atoms with Crippen LogP contribution in [0.15, 0.2) is 30.3 Å². The molecule has 0 radical (unpaired) electrons. The topological polar surface area (TPSA) is 41.1 Å². The molecule has 0 saturated carbocycles. The van der Waals surface area contributed by atoms with Gasteiger partial charge in [-0.1, -0.05) is 37.3 Å². The molecule has 0 bridgehead atoms. The van der Waals surface area contributed by atoms with Gasteiger partial charge >= 0.3 is 0 Å². The summed E-state index contributed by atoms with van der Waals surface area (Å²) in [5.41, 5.74) is 1.29. The van der Waals surface area contributed by atoms with Crippen LogP contribution in [0.5, 0.6) is 0 Å². The van der Waals surface area contributed by atoms with E-state index in [0.717, 1.165) is 0 Å². The number of nitrogens with one attached hydrogen (secondary N) is 2. The van der Waals surface area contributed by atoms with Gasteiger partial charge in [-0.25, -0.2) is 0 Å². The normalized spacial score (nSPS) is 14.2. The van der Waals surface area contributed by atoms with Crippen LogP contribution < -0.4 is 10.6 Å². The Morgan fingerprint density at radius 1 is 1.25 bits per heavy atom. The number of hydrogen-bond donors (Lipinski definition) is 2. The molecule has 1 aromatic rings. The molecule has 0 aromatic heterocycles. The van der Waals surface area contributed by atoms with Crippen LogP contribution in [0, 0.1) is 0 Å². The zero-order valence-corrected chi connectivity index (χ0v) is 10.2. The Bertz CT molecular complexity index is 324. The summed E-state index contributed by atoms with van der Waals surface area (Å²) in [4.78, 5) is 11.1. The highest BCUT2D eigenvalue weighted by atomic mass is 16.1. The van der Waals surface area contributed by atoms with Gasteiger partial charge in [-0.05, 0) is 18.4 Å². The molecule has 1 rings (SSSR count). The van der Waals surface area contributed by atoms with Crippen molar-refractivity contribution in [3.63, 3.8) is 0 Å². The van der Waals surface area contributed by atoms with E-state index < -0.39 is 0 Å². The summed E-state index contributed by atoms with van der Waals surface area (Å²) in [6.07, 6.45) is 0. The predicted octanol–water partition coefficient (Wildman–Crippen LogP) is 1.51. The van der Waals surface area contributed by atoms with Crippen molar-refractivity contribution in [1.82, 2.24) is 10.6 Å². The SMILES string of the molecule is CNC(=O)CNC(C)C(C)c1ccccc1. The summed E-state index contributed by atoms with van der Waals surface area (Å²) >= 11 is 0. The smallest absolute Gasteiger partial charge is 0.233 e. The Kier molecular flexibility index (Phi) is 4.99. The lowest BCUT2D eigenvalue weighted by Crippen LogP contribution is -2.38. The first-order valence-electron chi connectivity index (χ1n) is 5.64. The summed E-state index contributed by atoms with van der Waals surface area (Å²) in [6.45, 7) is 4.63. The minimum atomic E-state index is 0.0205. The molecule has 1 aromatic carbocycles. The molecular weight excluding hydrogens is 200 g/mol. The first-order chi connectivity index (χ1) is 7.65. The first-order valence-corrected chi connectivity index (χ1v) is 5.64. The van der Waals surface area contributed by atoms with E-state index in [4.69, 9.17) is 0 Å². The Morgan fingerprint density at radius 2 is 1.88 bits per heavy atom. The summed E-state index contributed by atoms with van der Waals surface area (Å²) in [6, 6.07) is 10.6. The van der Waals surface area contributed by atoms with Gasteiger partial charge in [0.2, 0.25) is 5.91 Å². The lowest BCUT2D eigenvalue weighted by atomic mass is 9.94. The maximum Gasteiger partial charge on any atom is 0.233 e. The summed E-state index contributed by atoms with van der Waals surface area (Å²) in [5.74, 6) is 0.415. The third-order valence-electron chi connectivity index (χ3n) is 2.94. The van der Waals surface area contributed by atoms with E-state index in [9.17, 15) is 4.79 Å². The molecule has 2 atom stereocenters. The molecule has 3 heteroatoms. The highest BCUT2D eigenvalue weighted by Gasteiger charge is 2.14. The van der Waals surface area contributed by atoms with Crippen molar-refractivity contribution in [2.45, 2.75) is 25.8 Å². The number of carbonyl (C=O) groups is 1. The van der Waals surface area contributed by atoms with Gasteiger partial charge in [-0.3, -0.25) is 4.79 Å². The highest BCUT2D eigenvalue weighted by Crippen LogP contribution is 2.18. The zero-order chi connectivity index (χ0) is 12.0. The molecule has 2 unspecified atom stereocenters. The zero-order valence-electron chi connectivity index (χ0n) is 10.2. The molecule has 1 amide bonds. The molecule has 0 saturated heterocycles. The maximum atomic E-state index is 11.1. The molecule has 3 nitrogen and oxygen atoms in total. The second-order valence-electron chi connectivity index (χ2n) is 4.04. The van der Waals surface area contributed by atoms with Gasteiger partial charge < -0.3 is 10.6 Å². The van der Waals surface area contributed by atoms with Gasteiger partial charge in [-0.2, -0.15) is 0 Å². The number of carbonyl (C=O) groups excluding carboxylic acids is 1. The highest BCUT2D eigenvalue weighted by molar-refractivity contribution is 5.77. The van der Waals surface area contributed by atoms with Crippen molar-refractivity contribution in [3.05, 3.63) is 35.9 Å². The minimum Gasteiger partial charge on any atom is -0.358 e. The van der Waals surface area contributed by atoms with E-state index in [1.165, 1.54) is 5.56 Å². The van der Waals surface area contributed by atoms with E-state index in [1.54, 1.807) is 7.05 Å². The summed E-state index contributed by atoms with van der Waals surface area (Å²) in [5, 5.41) is 5.82. The first kappa shape index (κ1) is 12.7. The second-order valence-corrected chi connectivity index (χ2v) is 4.04. The van der Waals surface area contributed by atoms with Crippen LogP contribution in [0.1, 0.15) is 25.3 Å². The fourth-order valence-corrected chi connectivity index (χ4v) is 1.56. The lowest BCUT2D eigenvalue weighted by Gasteiger charge is -2.21. The van der Waals surface area contributed by atoms with Crippen LogP contribution in [-0.4, -0.2) is 25.5 Å². The molecular formula is C13H20N2O. The van der Waals surface area contributed by atoms with Crippen molar-refractivity contribution in [1.29, 1.82) is 0 Å². The molecule has 0 heterocycles. The van der Waals surface area contributed by atoms with Gasteiger partial charge in [0.15, 0.2) is 0 Å². The van der Waals surface area contributed by atoms with E-state index in [-0.39, 0.29) is 11.9 Å². The Labute approximate surface area is 97.2 Å². The Morgan fingerprint density at radius 3 is 2.44 bits per heavy atom. The van der Waals surface area contributed by atoms with Crippen molar-refractivity contribution in [2.24, 2.45) is 0 Å². The third kappa shape index (κ3) is 3.66. The van der Waals surface area contributed by atoms with Crippen molar-refractivity contribution < 1.29 is 4.79 Å². The van der Waals surface area contributed by atoms with E-state index in [2.05, 4.69) is 36.6 Å². The Balaban J connectivity index is 2.48. The molecule has 16 heavy (non-hydrogen) atoms. The number of amides is 1. The molecule has 0 fully saturated rings. The molecule has 0 spiro atoms. The third-order valence-corrected chi connectivity index (χ3v) is 2.94.